The quantitative estimate of drug-likeness (QED) is 0.504. The van der Waals surface area contributed by atoms with Crippen LogP contribution in [0.5, 0.6) is 0 Å². The highest BCUT2D eigenvalue weighted by molar-refractivity contribution is 5.37. The highest BCUT2D eigenvalue weighted by Crippen LogP contribution is 2.38. The summed E-state index contributed by atoms with van der Waals surface area (Å²) in [6.07, 6.45) is 8.06. The van der Waals surface area contributed by atoms with Crippen molar-refractivity contribution in [1.82, 2.24) is 5.32 Å². The largest absolute Gasteiger partial charge is 0.462 e. The number of carbonyl (C=O) groups is 1. The van der Waals surface area contributed by atoms with Gasteiger partial charge in [-0.1, -0.05) is 62.9 Å². The molecule has 1 aliphatic heterocycles. The number of hydrogen-bond acceptors (Lipinski definition) is 4. The zero-order valence-corrected chi connectivity index (χ0v) is 17.7. The third-order valence-corrected chi connectivity index (χ3v) is 5.06. The Hall–Kier alpha value is -1.39. The summed E-state index contributed by atoms with van der Waals surface area (Å²) in [7, 11) is 0. The highest BCUT2D eigenvalue weighted by atomic mass is 16.5. The lowest BCUT2D eigenvalue weighted by molar-refractivity contribution is -0.138. The molecule has 1 fully saturated rings. The third-order valence-electron chi connectivity index (χ3n) is 5.06. The topological polar surface area (TPSA) is 58.6 Å². The van der Waals surface area contributed by atoms with Crippen LogP contribution in [0, 0.1) is 5.92 Å². The molecule has 154 valence electrons. The van der Waals surface area contributed by atoms with Crippen LogP contribution in [0.15, 0.2) is 30.3 Å². The van der Waals surface area contributed by atoms with Crippen LogP contribution in [0.25, 0.3) is 0 Å². The molecule has 1 saturated heterocycles. The van der Waals surface area contributed by atoms with Crippen LogP contribution < -0.4 is 5.32 Å². The summed E-state index contributed by atoms with van der Waals surface area (Å²) in [5, 5.41) is 14.8. The Balaban J connectivity index is 0.000000445. The third kappa shape index (κ3) is 8.89. The average Bonchev–Trinajstić information content (AvgIpc) is 2.66. The molecule has 1 aliphatic rings. The number of rotatable bonds is 8. The molecule has 2 rings (SSSR count). The summed E-state index contributed by atoms with van der Waals surface area (Å²) >= 11 is 0. The Labute approximate surface area is 165 Å². The van der Waals surface area contributed by atoms with Gasteiger partial charge in [0.15, 0.2) is 0 Å². The number of hydrogen-bond donors (Lipinski definition) is 2. The van der Waals surface area contributed by atoms with E-state index in [2.05, 4.69) is 29.1 Å². The van der Waals surface area contributed by atoms with Gasteiger partial charge in [-0.25, -0.2) is 0 Å². The average molecular weight is 378 g/mol. The number of unbranched alkanes of at least 4 members (excludes halogenated alkanes) is 3. The van der Waals surface area contributed by atoms with E-state index in [1.54, 1.807) is 0 Å². The minimum Gasteiger partial charge on any atom is -0.462 e. The Morgan fingerprint density at radius 2 is 1.89 bits per heavy atom. The fourth-order valence-corrected chi connectivity index (χ4v) is 3.54. The molecule has 2 unspecified atom stereocenters. The van der Waals surface area contributed by atoms with Crippen molar-refractivity contribution in [2.75, 3.05) is 13.1 Å². The van der Waals surface area contributed by atoms with Gasteiger partial charge < -0.3 is 15.2 Å². The molecule has 0 aliphatic carbocycles. The molecule has 4 heteroatoms. The van der Waals surface area contributed by atoms with Gasteiger partial charge in [0, 0.05) is 12.5 Å². The van der Waals surface area contributed by atoms with Crippen molar-refractivity contribution in [3.05, 3.63) is 35.9 Å². The lowest BCUT2D eigenvalue weighted by Gasteiger charge is -2.39. The van der Waals surface area contributed by atoms with Gasteiger partial charge in [-0.3, -0.25) is 4.79 Å². The molecule has 0 bridgehead atoms. The summed E-state index contributed by atoms with van der Waals surface area (Å²) < 4.78 is 4.55. The molecule has 4 nitrogen and oxygen atoms in total. The Kier molecular flexibility index (Phi) is 10.6. The molecule has 2 N–H and O–H groups in total. The van der Waals surface area contributed by atoms with E-state index >= 15 is 0 Å². The first-order valence-corrected chi connectivity index (χ1v) is 10.4. The SMILES string of the molecule is CC(C)(C)OC=O.CCCCCCC(O)(c1ccccc1)C1CCCNC1. The van der Waals surface area contributed by atoms with E-state index in [-0.39, 0.29) is 5.60 Å². The standard InChI is InChI=1S/C18H29NO.C5H10O2/c1-2-3-4-8-13-18(20,16-10-6-5-7-11-16)17-12-9-14-19-15-17;1-5(2,3)7-4-6/h5-7,10-11,17,19-20H,2-4,8-9,12-15H2,1H3;4H,1-3H3. The zero-order chi connectivity index (χ0) is 20.2. The van der Waals surface area contributed by atoms with Crippen LogP contribution in [0.3, 0.4) is 0 Å². The molecule has 0 saturated carbocycles. The second-order valence-electron chi connectivity index (χ2n) is 8.47. The molecule has 0 amide bonds. The van der Waals surface area contributed by atoms with E-state index < -0.39 is 5.60 Å². The summed E-state index contributed by atoms with van der Waals surface area (Å²) in [4.78, 5) is 9.60. The lowest BCUT2D eigenvalue weighted by atomic mass is 9.74. The molecule has 2 atom stereocenters. The molecule has 27 heavy (non-hydrogen) atoms. The van der Waals surface area contributed by atoms with Gasteiger partial charge in [0.05, 0.1) is 5.60 Å². The number of piperidine rings is 1. The summed E-state index contributed by atoms with van der Waals surface area (Å²) in [6, 6.07) is 10.3. The fraction of sp³-hybridized carbons (Fsp3) is 0.696. The van der Waals surface area contributed by atoms with Gasteiger partial charge in [0.1, 0.15) is 5.60 Å². The molecule has 1 aromatic rings. The first-order chi connectivity index (χ1) is 12.8. The van der Waals surface area contributed by atoms with Crippen LogP contribution in [0.1, 0.15) is 78.2 Å². The molecular formula is C23H39NO3. The van der Waals surface area contributed by atoms with Crippen LogP contribution in [-0.4, -0.2) is 30.3 Å². The maximum absolute atomic E-state index is 11.4. The number of aliphatic hydroxyl groups is 1. The minimum absolute atomic E-state index is 0.318. The predicted octanol–water partition coefficient (Wildman–Crippen LogP) is 4.80. The number of benzene rings is 1. The molecule has 0 spiro atoms. The maximum Gasteiger partial charge on any atom is 0.293 e. The molecule has 1 aromatic carbocycles. The summed E-state index contributed by atoms with van der Waals surface area (Å²) in [6.45, 7) is 10.2. The fourth-order valence-electron chi connectivity index (χ4n) is 3.54. The van der Waals surface area contributed by atoms with Gasteiger partial charge in [0.2, 0.25) is 0 Å². The van der Waals surface area contributed by atoms with Gasteiger partial charge in [-0.15, -0.1) is 0 Å². The van der Waals surface area contributed by atoms with E-state index in [1.807, 2.05) is 39.0 Å². The van der Waals surface area contributed by atoms with Crippen LogP contribution in [0.2, 0.25) is 0 Å². The van der Waals surface area contributed by atoms with E-state index in [9.17, 15) is 9.90 Å². The smallest absolute Gasteiger partial charge is 0.293 e. The van der Waals surface area contributed by atoms with Crippen molar-refractivity contribution >= 4 is 6.47 Å². The van der Waals surface area contributed by atoms with Crippen molar-refractivity contribution in [3.8, 4) is 0 Å². The molecular weight excluding hydrogens is 338 g/mol. The number of ether oxygens (including phenoxy) is 1. The number of nitrogens with one attached hydrogen (secondary N) is 1. The van der Waals surface area contributed by atoms with Crippen molar-refractivity contribution in [2.24, 2.45) is 5.92 Å². The second-order valence-corrected chi connectivity index (χ2v) is 8.47. The van der Waals surface area contributed by atoms with Gasteiger partial charge in [-0.05, 0) is 52.1 Å². The Morgan fingerprint density at radius 1 is 1.19 bits per heavy atom. The Morgan fingerprint density at radius 3 is 2.37 bits per heavy atom. The predicted molar refractivity (Wildman–Crippen MR) is 112 cm³/mol. The summed E-state index contributed by atoms with van der Waals surface area (Å²) in [5.74, 6) is 0.347. The first-order valence-electron chi connectivity index (χ1n) is 10.4. The monoisotopic (exact) mass is 377 g/mol. The zero-order valence-electron chi connectivity index (χ0n) is 17.7. The van der Waals surface area contributed by atoms with Crippen molar-refractivity contribution < 1.29 is 14.6 Å². The van der Waals surface area contributed by atoms with Gasteiger partial charge in [0.25, 0.3) is 6.47 Å². The van der Waals surface area contributed by atoms with E-state index in [4.69, 9.17) is 0 Å². The molecule has 0 aromatic heterocycles. The van der Waals surface area contributed by atoms with E-state index in [1.165, 1.54) is 25.7 Å². The normalized spacial score (nSPS) is 19.4. The van der Waals surface area contributed by atoms with E-state index in [0.717, 1.165) is 37.9 Å². The minimum atomic E-state index is -0.650. The van der Waals surface area contributed by atoms with Crippen LogP contribution >= 0.6 is 0 Å². The van der Waals surface area contributed by atoms with E-state index in [0.29, 0.717) is 12.4 Å². The van der Waals surface area contributed by atoms with Crippen molar-refractivity contribution in [2.45, 2.75) is 83.8 Å². The Bertz CT molecular complexity index is 506. The molecule has 0 radical (unpaired) electrons. The maximum atomic E-state index is 11.4. The highest BCUT2D eigenvalue weighted by Gasteiger charge is 2.38. The van der Waals surface area contributed by atoms with Gasteiger partial charge >= 0.3 is 0 Å². The number of carbonyl (C=O) groups excluding carboxylic acids is 1. The second kappa shape index (κ2) is 12.1. The lowest BCUT2D eigenvalue weighted by Crippen LogP contribution is -2.44. The van der Waals surface area contributed by atoms with Crippen molar-refractivity contribution in [3.63, 3.8) is 0 Å². The van der Waals surface area contributed by atoms with Crippen LogP contribution in [-0.2, 0) is 15.1 Å². The molecule has 1 heterocycles. The van der Waals surface area contributed by atoms with Crippen LogP contribution in [0.4, 0.5) is 0 Å². The summed E-state index contributed by atoms with van der Waals surface area (Å²) in [5.41, 5.74) is 0.134. The van der Waals surface area contributed by atoms with Crippen molar-refractivity contribution in [1.29, 1.82) is 0 Å². The van der Waals surface area contributed by atoms with Gasteiger partial charge in [-0.2, -0.15) is 0 Å². The first kappa shape index (κ1) is 23.6.